The van der Waals surface area contributed by atoms with E-state index < -0.39 is 0 Å². The molecule has 1 N–H and O–H groups in total. The maximum Gasteiger partial charge on any atom is 0.257 e. The summed E-state index contributed by atoms with van der Waals surface area (Å²) >= 11 is 11.7. The fraction of sp³-hybridized carbons (Fsp3) is 0.562. The van der Waals surface area contributed by atoms with Crippen molar-refractivity contribution in [3.63, 3.8) is 0 Å². The van der Waals surface area contributed by atoms with Gasteiger partial charge in [0, 0.05) is 12.6 Å². The van der Waals surface area contributed by atoms with Crippen LogP contribution in [-0.4, -0.2) is 19.1 Å². The van der Waals surface area contributed by atoms with E-state index in [-0.39, 0.29) is 12.5 Å². The smallest absolute Gasteiger partial charge is 0.257 e. The first kappa shape index (κ1) is 18.1. The van der Waals surface area contributed by atoms with Crippen LogP contribution in [0.15, 0.2) is 18.2 Å². The van der Waals surface area contributed by atoms with Gasteiger partial charge in [0.2, 0.25) is 0 Å². The summed E-state index contributed by atoms with van der Waals surface area (Å²) in [5.74, 6) is 1.91. The molecule has 0 saturated carbocycles. The van der Waals surface area contributed by atoms with Crippen LogP contribution < -0.4 is 10.1 Å². The van der Waals surface area contributed by atoms with E-state index in [0.717, 1.165) is 0 Å². The Morgan fingerprint density at radius 2 is 1.76 bits per heavy atom. The van der Waals surface area contributed by atoms with Crippen molar-refractivity contribution in [2.75, 3.05) is 13.2 Å². The summed E-state index contributed by atoms with van der Waals surface area (Å²) in [6, 6.07) is 4.93. The fourth-order valence-corrected chi connectivity index (χ4v) is 2.53. The van der Waals surface area contributed by atoms with Crippen molar-refractivity contribution < 1.29 is 9.53 Å². The molecular weight excluding hydrogens is 309 g/mol. The van der Waals surface area contributed by atoms with Gasteiger partial charge in [-0.2, -0.15) is 0 Å². The Hall–Kier alpha value is -0.930. The van der Waals surface area contributed by atoms with Crippen LogP contribution in [0, 0.1) is 17.8 Å². The van der Waals surface area contributed by atoms with Crippen molar-refractivity contribution in [1.82, 2.24) is 5.32 Å². The molecule has 1 rings (SSSR count). The zero-order valence-electron chi connectivity index (χ0n) is 13.0. The second-order valence-electron chi connectivity index (χ2n) is 5.82. The first-order chi connectivity index (χ1) is 9.81. The van der Waals surface area contributed by atoms with Gasteiger partial charge in [-0.15, -0.1) is 0 Å². The summed E-state index contributed by atoms with van der Waals surface area (Å²) in [6.45, 7) is 9.32. The number of carbonyl (C=O) groups is 1. The third-order valence-electron chi connectivity index (χ3n) is 3.51. The lowest BCUT2D eigenvalue weighted by Gasteiger charge is -2.25. The Morgan fingerprint density at radius 3 is 2.29 bits per heavy atom. The van der Waals surface area contributed by atoms with Crippen LogP contribution in [0.4, 0.5) is 0 Å². The van der Waals surface area contributed by atoms with Crippen LogP contribution in [0.3, 0.4) is 0 Å². The average molecular weight is 332 g/mol. The third-order valence-corrected chi connectivity index (χ3v) is 4.25. The Bertz CT molecular complexity index is 467. The van der Waals surface area contributed by atoms with E-state index in [1.54, 1.807) is 18.2 Å². The molecule has 0 radical (unpaired) electrons. The summed E-state index contributed by atoms with van der Waals surface area (Å²) in [4.78, 5) is 11.8. The molecule has 1 amide bonds. The third kappa shape index (κ3) is 6.15. The van der Waals surface area contributed by atoms with Crippen molar-refractivity contribution in [2.45, 2.75) is 27.7 Å². The van der Waals surface area contributed by atoms with Crippen molar-refractivity contribution in [2.24, 2.45) is 17.8 Å². The topological polar surface area (TPSA) is 38.3 Å². The van der Waals surface area contributed by atoms with Gasteiger partial charge >= 0.3 is 0 Å². The Morgan fingerprint density at radius 1 is 1.14 bits per heavy atom. The molecule has 21 heavy (non-hydrogen) atoms. The molecule has 0 aliphatic heterocycles. The maximum atomic E-state index is 11.8. The number of nitrogens with one attached hydrogen (secondary N) is 1. The normalized spacial score (nSPS) is 11.3. The Labute approximate surface area is 137 Å². The number of carbonyl (C=O) groups excluding carboxylic acids is 1. The van der Waals surface area contributed by atoms with Gasteiger partial charge in [0.05, 0.1) is 10.0 Å². The molecule has 3 nitrogen and oxygen atoms in total. The molecule has 0 saturated heterocycles. The van der Waals surface area contributed by atoms with Crippen LogP contribution >= 0.6 is 23.2 Å². The fourth-order valence-electron chi connectivity index (χ4n) is 2.24. The number of hydrogen-bond acceptors (Lipinski definition) is 2. The van der Waals surface area contributed by atoms with Crippen LogP contribution in [0.2, 0.25) is 10.0 Å². The van der Waals surface area contributed by atoms with Gasteiger partial charge in [0.25, 0.3) is 5.91 Å². The first-order valence-corrected chi connectivity index (χ1v) is 7.91. The van der Waals surface area contributed by atoms with Gasteiger partial charge in [-0.05, 0) is 29.9 Å². The summed E-state index contributed by atoms with van der Waals surface area (Å²) in [5.41, 5.74) is 0. The molecule has 0 bridgehead atoms. The van der Waals surface area contributed by atoms with Crippen molar-refractivity contribution in [3.05, 3.63) is 28.2 Å². The predicted molar refractivity (Wildman–Crippen MR) is 88.1 cm³/mol. The predicted octanol–water partition coefficient (Wildman–Crippen LogP) is 4.42. The van der Waals surface area contributed by atoms with Gasteiger partial charge in [-0.1, -0.05) is 50.9 Å². The van der Waals surface area contributed by atoms with E-state index in [2.05, 4.69) is 33.0 Å². The molecule has 0 aliphatic carbocycles. The minimum Gasteiger partial charge on any atom is -0.484 e. The lowest BCUT2D eigenvalue weighted by atomic mass is 9.85. The van der Waals surface area contributed by atoms with E-state index in [0.29, 0.717) is 40.1 Å². The minimum atomic E-state index is -0.132. The van der Waals surface area contributed by atoms with Gasteiger partial charge in [0.15, 0.2) is 6.61 Å². The molecular formula is C16H23Cl2NO2. The number of hydrogen-bond donors (Lipinski definition) is 1. The van der Waals surface area contributed by atoms with E-state index in [9.17, 15) is 4.79 Å². The summed E-state index contributed by atoms with van der Waals surface area (Å²) in [5, 5.41) is 3.79. The maximum absolute atomic E-state index is 11.8. The minimum absolute atomic E-state index is 0.0269. The largest absolute Gasteiger partial charge is 0.484 e. The summed E-state index contributed by atoms with van der Waals surface area (Å²) in [6.07, 6.45) is 0. The standard InChI is InChI=1S/C16H23Cl2NO2/c1-10(2)13(11(3)4)8-19-16(20)9-21-12-5-6-14(17)15(18)7-12/h5-7,10-11,13H,8-9H2,1-4H3,(H,19,20). The zero-order chi connectivity index (χ0) is 16.0. The van der Waals surface area contributed by atoms with E-state index in [1.807, 2.05) is 0 Å². The van der Waals surface area contributed by atoms with Crippen molar-refractivity contribution in [1.29, 1.82) is 0 Å². The van der Waals surface area contributed by atoms with Crippen LogP contribution in [0.25, 0.3) is 0 Å². The van der Waals surface area contributed by atoms with E-state index >= 15 is 0 Å². The molecule has 0 spiro atoms. The van der Waals surface area contributed by atoms with E-state index in [4.69, 9.17) is 27.9 Å². The number of benzene rings is 1. The number of ether oxygens (including phenoxy) is 1. The molecule has 5 heteroatoms. The molecule has 0 atom stereocenters. The van der Waals surface area contributed by atoms with Gasteiger partial charge in [-0.25, -0.2) is 0 Å². The van der Waals surface area contributed by atoms with Crippen molar-refractivity contribution in [3.8, 4) is 5.75 Å². The summed E-state index contributed by atoms with van der Waals surface area (Å²) in [7, 11) is 0. The molecule has 1 aromatic rings. The first-order valence-electron chi connectivity index (χ1n) is 7.15. The lowest BCUT2D eigenvalue weighted by Crippen LogP contribution is -2.36. The van der Waals surface area contributed by atoms with Gasteiger partial charge in [-0.3, -0.25) is 4.79 Å². The average Bonchev–Trinajstić information content (AvgIpc) is 2.39. The Kier molecular flexibility index (Phi) is 7.33. The monoisotopic (exact) mass is 331 g/mol. The number of halogens is 2. The molecule has 1 aromatic carbocycles. The molecule has 118 valence electrons. The lowest BCUT2D eigenvalue weighted by molar-refractivity contribution is -0.123. The van der Waals surface area contributed by atoms with Crippen LogP contribution in [-0.2, 0) is 4.79 Å². The van der Waals surface area contributed by atoms with Crippen LogP contribution in [0.1, 0.15) is 27.7 Å². The second-order valence-corrected chi connectivity index (χ2v) is 6.63. The molecule has 0 aromatic heterocycles. The molecule has 0 unspecified atom stereocenters. The number of amides is 1. The highest BCUT2D eigenvalue weighted by Crippen LogP contribution is 2.26. The van der Waals surface area contributed by atoms with E-state index in [1.165, 1.54) is 0 Å². The van der Waals surface area contributed by atoms with Gasteiger partial charge in [0.1, 0.15) is 5.75 Å². The highest BCUT2D eigenvalue weighted by atomic mass is 35.5. The molecule has 0 heterocycles. The molecule has 0 aliphatic rings. The second kappa shape index (κ2) is 8.50. The van der Waals surface area contributed by atoms with Crippen molar-refractivity contribution >= 4 is 29.1 Å². The SMILES string of the molecule is CC(C)C(CNC(=O)COc1ccc(Cl)c(Cl)c1)C(C)C. The zero-order valence-corrected chi connectivity index (χ0v) is 14.5. The number of rotatable bonds is 7. The molecule has 0 fully saturated rings. The van der Waals surface area contributed by atoms with Gasteiger partial charge < -0.3 is 10.1 Å². The highest BCUT2D eigenvalue weighted by molar-refractivity contribution is 6.42. The quantitative estimate of drug-likeness (QED) is 0.803. The summed E-state index contributed by atoms with van der Waals surface area (Å²) < 4.78 is 5.40. The Balaban J connectivity index is 2.42. The highest BCUT2D eigenvalue weighted by Gasteiger charge is 2.18. The van der Waals surface area contributed by atoms with Crippen LogP contribution in [0.5, 0.6) is 5.75 Å².